The topological polar surface area (TPSA) is 78.5 Å². The van der Waals surface area contributed by atoms with Crippen molar-refractivity contribution >= 4 is 39.5 Å². The van der Waals surface area contributed by atoms with Crippen LogP contribution < -0.4 is 10.6 Å². The molecule has 1 heterocycles. The predicted octanol–water partition coefficient (Wildman–Crippen LogP) is 3.24. The number of anilines is 1. The molecule has 0 aromatic heterocycles. The van der Waals surface area contributed by atoms with E-state index < -0.39 is 23.4 Å². The van der Waals surface area contributed by atoms with Gasteiger partial charge in [0.1, 0.15) is 12.1 Å². The highest BCUT2D eigenvalue weighted by atomic mass is 79.9. The smallest absolute Gasteiger partial charge is 0.324 e. The van der Waals surface area contributed by atoms with Gasteiger partial charge in [-0.1, -0.05) is 49.4 Å². The summed E-state index contributed by atoms with van der Waals surface area (Å²) < 4.78 is 0.720. The van der Waals surface area contributed by atoms with E-state index in [1.165, 1.54) is 0 Å². The SMILES string of the molecule is CC[C@]1(c2ccccc2)NC(=O)N(CC(=O)Nc2ccccc2Br)C1=O. The van der Waals surface area contributed by atoms with Gasteiger partial charge in [0.05, 0.1) is 5.69 Å². The van der Waals surface area contributed by atoms with Gasteiger partial charge in [0.25, 0.3) is 5.91 Å². The van der Waals surface area contributed by atoms with Crippen molar-refractivity contribution in [1.29, 1.82) is 0 Å². The van der Waals surface area contributed by atoms with Crippen LogP contribution in [0.2, 0.25) is 0 Å². The molecular weight excluding hydrogens is 398 g/mol. The number of benzene rings is 2. The molecule has 2 N–H and O–H groups in total. The second kappa shape index (κ2) is 7.29. The van der Waals surface area contributed by atoms with Crippen LogP contribution in [0.4, 0.5) is 10.5 Å². The summed E-state index contributed by atoms with van der Waals surface area (Å²) in [6.45, 7) is 1.48. The van der Waals surface area contributed by atoms with Crippen LogP contribution in [0.15, 0.2) is 59.1 Å². The number of carbonyl (C=O) groups excluding carboxylic acids is 3. The van der Waals surface area contributed by atoms with Crippen molar-refractivity contribution in [1.82, 2.24) is 10.2 Å². The second-order valence-corrected chi connectivity index (χ2v) is 6.83. The maximum atomic E-state index is 13.0. The van der Waals surface area contributed by atoms with Gasteiger partial charge in [-0.05, 0) is 40.0 Å². The Bertz CT molecular complexity index is 856. The zero-order valence-electron chi connectivity index (χ0n) is 14.2. The van der Waals surface area contributed by atoms with Crippen LogP contribution in [0.1, 0.15) is 18.9 Å². The van der Waals surface area contributed by atoms with E-state index in [1.54, 1.807) is 30.3 Å². The number of nitrogens with one attached hydrogen (secondary N) is 2. The van der Waals surface area contributed by atoms with Crippen LogP contribution in [-0.2, 0) is 15.1 Å². The molecule has 4 amide bonds. The summed E-state index contributed by atoms with van der Waals surface area (Å²) in [5.74, 6) is -0.862. The lowest BCUT2D eigenvalue weighted by atomic mass is 9.87. The van der Waals surface area contributed by atoms with Gasteiger partial charge in [-0.15, -0.1) is 0 Å². The molecule has 0 aliphatic carbocycles. The molecule has 0 saturated carbocycles. The average molecular weight is 416 g/mol. The third kappa shape index (κ3) is 3.22. The zero-order chi connectivity index (χ0) is 18.7. The Labute approximate surface area is 159 Å². The quantitative estimate of drug-likeness (QED) is 0.735. The minimum absolute atomic E-state index is 0.347. The van der Waals surface area contributed by atoms with E-state index >= 15 is 0 Å². The molecule has 1 saturated heterocycles. The van der Waals surface area contributed by atoms with E-state index in [-0.39, 0.29) is 6.54 Å². The number of halogens is 1. The number of carbonyl (C=O) groups is 3. The van der Waals surface area contributed by atoms with Crippen LogP contribution in [0.5, 0.6) is 0 Å². The molecular formula is C19H18BrN3O3. The molecule has 1 fully saturated rings. The maximum Gasteiger partial charge on any atom is 0.325 e. The highest BCUT2D eigenvalue weighted by molar-refractivity contribution is 9.10. The molecule has 2 aromatic carbocycles. The van der Waals surface area contributed by atoms with Gasteiger partial charge in [-0.3, -0.25) is 14.5 Å². The lowest BCUT2D eigenvalue weighted by Crippen LogP contribution is -2.44. The summed E-state index contributed by atoms with van der Waals surface area (Å²) in [6.07, 6.45) is 0.393. The van der Waals surface area contributed by atoms with Crippen LogP contribution >= 0.6 is 15.9 Å². The van der Waals surface area contributed by atoms with E-state index in [0.29, 0.717) is 17.7 Å². The molecule has 1 atom stereocenters. The maximum absolute atomic E-state index is 13.0. The number of nitrogens with zero attached hydrogens (tertiary/aromatic N) is 1. The van der Waals surface area contributed by atoms with Crippen molar-refractivity contribution in [2.75, 3.05) is 11.9 Å². The van der Waals surface area contributed by atoms with E-state index in [1.807, 2.05) is 31.2 Å². The summed E-state index contributed by atoms with van der Waals surface area (Å²) in [5, 5.41) is 5.47. The summed E-state index contributed by atoms with van der Waals surface area (Å²) in [5.41, 5.74) is 0.148. The number of para-hydroxylation sites is 1. The fourth-order valence-corrected chi connectivity index (χ4v) is 3.41. The van der Waals surface area contributed by atoms with Crippen LogP contribution in [0.3, 0.4) is 0 Å². The van der Waals surface area contributed by atoms with Crippen molar-refractivity contribution in [2.24, 2.45) is 0 Å². The summed E-state index contributed by atoms with van der Waals surface area (Å²) in [4.78, 5) is 38.7. The van der Waals surface area contributed by atoms with Gasteiger partial charge in [0.15, 0.2) is 0 Å². The van der Waals surface area contributed by atoms with Crippen LogP contribution in [-0.4, -0.2) is 29.3 Å². The van der Waals surface area contributed by atoms with Gasteiger partial charge < -0.3 is 10.6 Å². The van der Waals surface area contributed by atoms with E-state index in [0.717, 1.165) is 9.37 Å². The van der Waals surface area contributed by atoms with Gasteiger partial charge in [-0.2, -0.15) is 0 Å². The first-order valence-electron chi connectivity index (χ1n) is 8.22. The first-order chi connectivity index (χ1) is 12.5. The predicted molar refractivity (Wildman–Crippen MR) is 101 cm³/mol. The molecule has 6 nitrogen and oxygen atoms in total. The lowest BCUT2D eigenvalue weighted by molar-refractivity contribution is -0.134. The van der Waals surface area contributed by atoms with Gasteiger partial charge in [0, 0.05) is 4.47 Å². The van der Waals surface area contributed by atoms with Crippen molar-refractivity contribution < 1.29 is 14.4 Å². The van der Waals surface area contributed by atoms with E-state index in [4.69, 9.17) is 0 Å². The van der Waals surface area contributed by atoms with Crippen molar-refractivity contribution in [3.63, 3.8) is 0 Å². The van der Waals surface area contributed by atoms with Gasteiger partial charge in [-0.25, -0.2) is 4.79 Å². The normalized spacial score (nSPS) is 19.4. The highest BCUT2D eigenvalue weighted by Crippen LogP contribution is 2.32. The molecule has 0 bridgehead atoms. The Morgan fingerprint density at radius 1 is 1.12 bits per heavy atom. The van der Waals surface area contributed by atoms with Gasteiger partial charge >= 0.3 is 6.03 Å². The summed E-state index contributed by atoms with van der Waals surface area (Å²) in [6, 6.07) is 15.6. The molecule has 26 heavy (non-hydrogen) atoms. The fourth-order valence-electron chi connectivity index (χ4n) is 3.03. The summed E-state index contributed by atoms with van der Waals surface area (Å²) >= 11 is 3.35. The number of amides is 4. The zero-order valence-corrected chi connectivity index (χ0v) is 15.7. The largest absolute Gasteiger partial charge is 0.325 e. The molecule has 0 spiro atoms. The Morgan fingerprint density at radius 2 is 1.77 bits per heavy atom. The van der Waals surface area contributed by atoms with Crippen molar-refractivity contribution in [3.8, 4) is 0 Å². The minimum atomic E-state index is -1.13. The molecule has 0 radical (unpaired) electrons. The minimum Gasteiger partial charge on any atom is -0.324 e. The van der Waals surface area contributed by atoms with E-state index in [2.05, 4.69) is 26.6 Å². The molecule has 3 rings (SSSR count). The Hall–Kier alpha value is -2.67. The monoisotopic (exact) mass is 415 g/mol. The number of hydrogen-bond donors (Lipinski definition) is 2. The van der Waals surface area contributed by atoms with Crippen LogP contribution in [0, 0.1) is 0 Å². The molecule has 1 aliphatic rings. The molecule has 7 heteroatoms. The standard InChI is InChI=1S/C19H18BrN3O3/c1-2-19(13-8-4-3-5-9-13)17(25)23(18(26)22-19)12-16(24)21-15-11-7-6-10-14(15)20/h3-11H,2,12H2,1H3,(H,21,24)(H,22,26)/t19-/m1/s1. The third-order valence-corrected chi connectivity index (χ3v) is 5.11. The summed E-state index contributed by atoms with van der Waals surface area (Å²) in [7, 11) is 0. The first kappa shape index (κ1) is 18.1. The molecule has 2 aromatic rings. The lowest BCUT2D eigenvalue weighted by Gasteiger charge is -2.25. The fraction of sp³-hybridized carbons (Fsp3) is 0.211. The van der Waals surface area contributed by atoms with Crippen molar-refractivity contribution in [3.05, 3.63) is 64.6 Å². The average Bonchev–Trinajstić information content (AvgIpc) is 2.89. The number of imide groups is 1. The Morgan fingerprint density at radius 3 is 2.42 bits per heavy atom. The number of rotatable bonds is 5. The van der Waals surface area contributed by atoms with Crippen molar-refractivity contribution in [2.45, 2.75) is 18.9 Å². The molecule has 0 unspecified atom stereocenters. The third-order valence-electron chi connectivity index (χ3n) is 4.42. The first-order valence-corrected chi connectivity index (χ1v) is 9.01. The Balaban J connectivity index is 1.79. The van der Waals surface area contributed by atoms with Crippen LogP contribution in [0.25, 0.3) is 0 Å². The number of hydrogen-bond acceptors (Lipinski definition) is 3. The number of urea groups is 1. The molecule has 1 aliphatic heterocycles. The Kier molecular flexibility index (Phi) is 5.08. The highest BCUT2D eigenvalue weighted by Gasteiger charge is 2.51. The molecule has 134 valence electrons. The van der Waals surface area contributed by atoms with Gasteiger partial charge in [0.2, 0.25) is 5.91 Å². The second-order valence-electron chi connectivity index (χ2n) is 5.97. The van der Waals surface area contributed by atoms with E-state index in [9.17, 15) is 14.4 Å².